The Morgan fingerprint density at radius 1 is 1.07 bits per heavy atom. The molecule has 9 heteroatoms. The van der Waals surface area contributed by atoms with E-state index in [0.717, 1.165) is 51.3 Å². The fraction of sp³-hybridized carbons (Fsp3) is 0.778. The smallest absolute Gasteiger partial charge is 0.230 e. The Hall–Kier alpha value is -0.530. The van der Waals surface area contributed by atoms with Crippen LogP contribution >= 0.6 is 37.2 Å². The van der Waals surface area contributed by atoms with Gasteiger partial charge in [-0.3, -0.25) is 14.4 Å². The van der Waals surface area contributed by atoms with Crippen LogP contribution in [0.25, 0.3) is 0 Å². The average molecular weight is 445 g/mol. The summed E-state index contributed by atoms with van der Waals surface area (Å²) in [6.07, 6.45) is 1.63. The molecule has 0 radical (unpaired) electrons. The molecule has 0 aromatic carbocycles. The van der Waals surface area contributed by atoms with Crippen LogP contribution < -0.4 is 5.73 Å². The maximum absolute atomic E-state index is 12.9. The standard InChI is InChI=1S/C18H33N5O.3ClH/c1-6-18(7-2,13-19)17(24)23-10-8-22(9-11-23)12-16-14(3)20-21(5)15(16)4;;;/h6-13,19H2,1-5H3;3*1H. The van der Waals surface area contributed by atoms with Gasteiger partial charge in [0.15, 0.2) is 0 Å². The van der Waals surface area contributed by atoms with Gasteiger partial charge in [0.2, 0.25) is 5.91 Å². The van der Waals surface area contributed by atoms with Gasteiger partial charge in [-0.25, -0.2) is 0 Å². The summed E-state index contributed by atoms with van der Waals surface area (Å²) >= 11 is 0. The molecule has 6 nitrogen and oxygen atoms in total. The van der Waals surface area contributed by atoms with Gasteiger partial charge in [0.1, 0.15) is 0 Å². The lowest BCUT2D eigenvalue weighted by molar-refractivity contribution is -0.144. The maximum Gasteiger partial charge on any atom is 0.230 e. The zero-order valence-corrected chi connectivity index (χ0v) is 19.6. The summed E-state index contributed by atoms with van der Waals surface area (Å²) in [6, 6.07) is 0. The molecule has 160 valence electrons. The van der Waals surface area contributed by atoms with Crippen molar-refractivity contribution in [2.24, 2.45) is 18.2 Å². The molecule has 1 aromatic rings. The van der Waals surface area contributed by atoms with Crippen LogP contribution in [0.15, 0.2) is 0 Å². The highest BCUT2D eigenvalue weighted by Crippen LogP contribution is 2.28. The fourth-order valence-corrected chi connectivity index (χ4v) is 3.64. The number of amides is 1. The second kappa shape index (κ2) is 12.1. The second-order valence-electron chi connectivity index (χ2n) is 7.03. The number of nitrogens with zero attached hydrogens (tertiary/aromatic N) is 4. The van der Waals surface area contributed by atoms with Crippen molar-refractivity contribution in [1.29, 1.82) is 0 Å². The molecule has 0 bridgehead atoms. The Kier molecular flexibility index (Phi) is 12.9. The molecule has 0 unspecified atom stereocenters. The minimum Gasteiger partial charge on any atom is -0.340 e. The molecule has 1 aliphatic heterocycles. The highest BCUT2D eigenvalue weighted by atomic mass is 35.5. The van der Waals surface area contributed by atoms with Crippen molar-refractivity contribution < 1.29 is 4.79 Å². The number of hydrogen-bond donors (Lipinski definition) is 1. The van der Waals surface area contributed by atoms with E-state index in [1.54, 1.807) is 0 Å². The van der Waals surface area contributed by atoms with Gasteiger partial charge in [-0.2, -0.15) is 5.10 Å². The number of hydrogen-bond acceptors (Lipinski definition) is 4. The van der Waals surface area contributed by atoms with Gasteiger partial charge in [0, 0.05) is 57.6 Å². The molecule has 1 saturated heterocycles. The van der Waals surface area contributed by atoms with E-state index in [2.05, 4.69) is 37.7 Å². The molecule has 0 saturated carbocycles. The summed E-state index contributed by atoms with van der Waals surface area (Å²) in [6.45, 7) is 13.1. The van der Waals surface area contributed by atoms with E-state index in [0.29, 0.717) is 6.54 Å². The van der Waals surface area contributed by atoms with E-state index in [4.69, 9.17) is 5.73 Å². The van der Waals surface area contributed by atoms with Crippen LogP contribution in [-0.4, -0.2) is 58.2 Å². The first-order chi connectivity index (χ1) is 11.4. The molecule has 2 N–H and O–H groups in total. The molecule has 1 aliphatic rings. The summed E-state index contributed by atoms with van der Waals surface area (Å²) in [4.78, 5) is 17.3. The lowest BCUT2D eigenvalue weighted by atomic mass is 9.81. The van der Waals surface area contributed by atoms with Gasteiger partial charge in [-0.05, 0) is 26.7 Å². The SMILES string of the molecule is CCC(CC)(CN)C(=O)N1CCN(Cc2c(C)nn(C)c2C)CC1.Cl.Cl.Cl. The number of halogens is 3. The van der Waals surface area contributed by atoms with Gasteiger partial charge in [-0.1, -0.05) is 13.8 Å². The molecule has 1 aromatic heterocycles. The number of carbonyl (C=O) groups excluding carboxylic acids is 1. The maximum atomic E-state index is 12.9. The van der Waals surface area contributed by atoms with Crippen molar-refractivity contribution in [2.75, 3.05) is 32.7 Å². The predicted octanol–water partition coefficient (Wildman–Crippen LogP) is 2.71. The molecular weight excluding hydrogens is 409 g/mol. The van der Waals surface area contributed by atoms with Gasteiger partial charge in [0.25, 0.3) is 0 Å². The molecule has 1 amide bonds. The third-order valence-electron chi connectivity index (χ3n) is 5.90. The lowest BCUT2D eigenvalue weighted by Crippen LogP contribution is -2.54. The highest BCUT2D eigenvalue weighted by Gasteiger charge is 2.37. The number of nitrogens with two attached hydrogens (primary N) is 1. The van der Waals surface area contributed by atoms with Gasteiger partial charge >= 0.3 is 0 Å². The van der Waals surface area contributed by atoms with Crippen LogP contribution in [0.1, 0.15) is 43.6 Å². The largest absolute Gasteiger partial charge is 0.340 e. The molecule has 0 atom stereocenters. The Bertz CT molecular complexity index is 574. The van der Waals surface area contributed by atoms with Gasteiger partial charge in [0.05, 0.1) is 11.1 Å². The number of rotatable bonds is 6. The summed E-state index contributed by atoms with van der Waals surface area (Å²) < 4.78 is 1.95. The second-order valence-corrected chi connectivity index (χ2v) is 7.03. The summed E-state index contributed by atoms with van der Waals surface area (Å²) in [5.74, 6) is 0.239. The third-order valence-corrected chi connectivity index (χ3v) is 5.90. The summed E-state index contributed by atoms with van der Waals surface area (Å²) in [5.41, 5.74) is 9.20. The van der Waals surface area contributed by atoms with Gasteiger partial charge in [-0.15, -0.1) is 37.2 Å². The quantitative estimate of drug-likeness (QED) is 0.732. The number of aryl methyl sites for hydroxylation is 2. The Labute approximate surface area is 182 Å². The van der Waals surface area contributed by atoms with Crippen molar-refractivity contribution >= 4 is 43.1 Å². The lowest BCUT2D eigenvalue weighted by Gasteiger charge is -2.40. The van der Waals surface area contributed by atoms with Crippen LogP contribution in [0.4, 0.5) is 0 Å². The van der Waals surface area contributed by atoms with Crippen LogP contribution in [-0.2, 0) is 18.4 Å². The molecule has 1 fully saturated rings. The summed E-state index contributed by atoms with van der Waals surface area (Å²) in [7, 11) is 1.99. The summed E-state index contributed by atoms with van der Waals surface area (Å²) in [5, 5.41) is 4.50. The van der Waals surface area contributed by atoms with Crippen molar-refractivity contribution in [2.45, 2.75) is 47.1 Å². The van der Waals surface area contributed by atoms with Crippen molar-refractivity contribution in [1.82, 2.24) is 19.6 Å². The van der Waals surface area contributed by atoms with Crippen LogP contribution in [0.3, 0.4) is 0 Å². The number of carbonyl (C=O) groups is 1. The van der Waals surface area contributed by atoms with Crippen molar-refractivity contribution in [3.05, 3.63) is 17.0 Å². The fourth-order valence-electron chi connectivity index (χ4n) is 3.64. The Morgan fingerprint density at radius 3 is 1.96 bits per heavy atom. The monoisotopic (exact) mass is 443 g/mol. The highest BCUT2D eigenvalue weighted by molar-refractivity contribution is 5.86. The van der Waals surface area contributed by atoms with Crippen LogP contribution in [0, 0.1) is 19.3 Å². The van der Waals surface area contributed by atoms with E-state index in [1.165, 1.54) is 11.3 Å². The molecular formula is C18H36Cl3N5O. The first kappa shape index (κ1) is 28.7. The molecule has 2 heterocycles. The molecule has 27 heavy (non-hydrogen) atoms. The minimum absolute atomic E-state index is 0. The number of aromatic nitrogens is 2. The topological polar surface area (TPSA) is 67.4 Å². The zero-order valence-electron chi connectivity index (χ0n) is 17.2. The Balaban J connectivity index is 0. The number of piperazine rings is 1. The van der Waals surface area contributed by atoms with E-state index in [9.17, 15) is 4.79 Å². The predicted molar refractivity (Wildman–Crippen MR) is 118 cm³/mol. The van der Waals surface area contributed by atoms with E-state index in [-0.39, 0.29) is 48.5 Å². The van der Waals surface area contributed by atoms with E-state index < -0.39 is 0 Å². The zero-order chi connectivity index (χ0) is 17.9. The van der Waals surface area contributed by atoms with E-state index >= 15 is 0 Å². The molecule has 0 aliphatic carbocycles. The van der Waals surface area contributed by atoms with Crippen LogP contribution in [0.2, 0.25) is 0 Å². The average Bonchev–Trinajstić information content (AvgIpc) is 2.84. The molecule has 2 rings (SSSR count). The molecule has 0 spiro atoms. The minimum atomic E-state index is -0.376. The first-order valence-corrected chi connectivity index (χ1v) is 9.09. The Morgan fingerprint density at radius 2 is 1.59 bits per heavy atom. The van der Waals surface area contributed by atoms with Crippen molar-refractivity contribution in [3.63, 3.8) is 0 Å². The van der Waals surface area contributed by atoms with E-state index in [1.807, 2.05) is 16.6 Å². The first-order valence-electron chi connectivity index (χ1n) is 9.09. The normalized spacial score (nSPS) is 14.8. The van der Waals surface area contributed by atoms with Gasteiger partial charge < -0.3 is 10.6 Å². The van der Waals surface area contributed by atoms with Crippen molar-refractivity contribution in [3.8, 4) is 0 Å². The third kappa shape index (κ3) is 5.97. The van der Waals surface area contributed by atoms with Crippen LogP contribution in [0.5, 0.6) is 0 Å².